The van der Waals surface area contributed by atoms with Gasteiger partial charge in [0.1, 0.15) is 5.75 Å². The second kappa shape index (κ2) is 11.1. The number of amides is 1. The standard InChI is InChI=1S/C27H32N8O2/c1-7-26(36)30-20-15-21(24(37-6)16-23(20)34(5)13-12-33(3)4)31-27-28-11-10-25(32-27)35-22-9-8-18(2)14-19(22)17-29-35/h7-11,14-17H,1,12-13H2,2-6H3,(H,30,36)(H,28,31,32). The highest BCUT2D eigenvalue weighted by atomic mass is 16.5. The van der Waals surface area contributed by atoms with E-state index in [1.807, 2.05) is 58.5 Å². The number of likely N-dealkylation sites (N-methyl/N-ethyl adjacent to an activating group) is 2. The van der Waals surface area contributed by atoms with Crippen molar-refractivity contribution in [2.75, 3.05) is 56.9 Å². The molecule has 0 fully saturated rings. The Kier molecular flexibility index (Phi) is 7.69. The second-order valence-corrected chi connectivity index (χ2v) is 8.97. The number of anilines is 4. The summed E-state index contributed by atoms with van der Waals surface area (Å²) in [5, 5.41) is 11.7. The van der Waals surface area contributed by atoms with Crippen LogP contribution in [0.25, 0.3) is 16.7 Å². The Morgan fingerprint density at radius 1 is 1.14 bits per heavy atom. The highest BCUT2D eigenvalue weighted by molar-refractivity contribution is 6.02. The molecule has 0 saturated carbocycles. The molecule has 1 amide bonds. The number of rotatable bonds is 10. The summed E-state index contributed by atoms with van der Waals surface area (Å²) < 4.78 is 7.46. The molecule has 10 heteroatoms. The number of aryl methyl sites for hydroxylation is 1. The summed E-state index contributed by atoms with van der Waals surface area (Å²) in [4.78, 5) is 25.4. The fourth-order valence-electron chi connectivity index (χ4n) is 3.89. The minimum absolute atomic E-state index is 0.308. The smallest absolute Gasteiger partial charge is 0.247 e. The van der Waals surface area contributed by atoms with E-state index in [-0.39, 0.29) is 5.91 Å². The Labute approximate surface area is 216 Å². The van der Waals surface area contributed by atoms with Gasteiger partial charge in [0.05, 0.1) is 35.9 Å². The first kappa shape index (κ1) is 25.6. The number of carbonyl (C=O) groups excluding carboxylic acids is 1. The predicted molar refractivity (Wildman–Crippen MR) is 148 cm³/mol. The third-order valence-corrected chi connectivity index (χ3v) is 5.88. The van der Waals surface area contributed by atoms with Crippen molar-refractivity contribution in [3.05, 3.63) is 67.0 Å². The number of aromatic nitrogens is 4. The van der Waals surface area contributed by atoms with E-state index in [0.29, 0.717) is 28.9 Å². The first-order valence-electron chi connectivity index (χ1n) is 11.8. The molecule has 192 valence electrons. The molecule has 0 aliphatic rings. The van der Waals surface area contributed by atoms with E-state index in [0.717, 1.165) is 29.7 Å². The summed E-state index contributed by atoms with van der Waals surface area (Å²) >= 11 is 0. The zero-order valence-electron chi connectivity index (χ0n) is 21.8. The maximum atomic E-state index is 12.2. The number of ether oxygens (including phenoxy) is 1. The quantitative estimate of drug-likeness (QED) is 0.315. The van der Waals surface area contributed by atoms with Crippen molar-refractivity contribution in [3.8, 4) is 11.6 Å². The molecule has 0 spiro atoms. The van der Waals surface area contributed by atoms with Crippen molar-refractivity contribution in [2.45, 2.75) is 6.92 Å². The molecule has 2 aromatic heterocycles. The normalized spacial score (nSPS) is 11.0. The number of hydrogen-bond donors (Lipinski definition) is 2. The van der Waals surface area contributed by atoms with Crippen molar-refractivity contribution in [1.82, 2.24) is 24.6 Å². The lowest BCUT2D eigenvalue weighted by molar-refractivity contribution is -0.111. The van der Waals surface area contributed by atoms with Crippen molar-refractivity contribution in [3.63, 3.8) is 0 Å². The van der Waals surface area contributed by atoms with Gasteiger partial charge in [0.15, 0.2) is 5.82 Å². The zero-order valence-corrected chi connectivity index (χ0v) is 21.8. The van der Waals surface area contributed by atoms with E-state index in [2.05, 4.69) is 48.1 Å². The van der Waals surface area contributed by atoms with E-state index in [9.17, 15) is 4.79 Å². The second-order valence-electron chi connectivity index (χ2n) is 8.97. The Hall–Kier alpha value is -4.44. The van der Waals surface area contributed by atoms with Crippen LogP contribution in [0.1, 0.15) is 5.56 Å². The lowest BCUT2D eigenvalue weighted by atomic mass is 10.2. The fraction of sp³-hybridized carbons (Fsp3) is 0.259. The topological polar surface area (TPSA) is 100 Å². The van der Waals surface area contributed by atoms with Crippen LogP contribution in [0.3, 0.4) is 0 Å². The van der Waals surface area contributed by atoms with Gasteiger partial charge in [-0.25, -0.2) is 9.67 Å². The average molecular weight is 501 g/mol. The van der Waals surface area contributed by atoms with Crippen LogP contribution in [0, 0.1) is 6.92 Å². The molecule has 4 rings (SSSR count). The van der Waals surface area contributed by atoms with Crippen LogP contribution in [-0.2, 0) is 4.79 Å². The lowest BCUT2D eigenvalue weighted by Crippen LogP contribution is -2.29. The predicted octanol–water partition coefficient (Wildman–Crippen LogP) is 4.00. The minimum Gasteiger partial charge on any atom is -0.494 e. The van der Waals surface area contributed by atoms with Crippen LogP contribution in [0.4, 0.5) is 23.0 Å². The third kappa shape index (κ3) is 5.87. The molecule has 0 aliphatic carbocycles. The Morgan fingerprint density at radius 3 is 2.68 bits per heavy atom. The molecular formula is C27H32N8O2. The number of nitrogens with zero attached hydrogens (tertiary/aromatic N) is 6. The van der Waals surface area contributed by atoms with Crippen LogP contribution in [0.2, 0.25) is 0 Å². The van der Waals surface area contributed by atoms with Gasteiger partial charge in [-0.3, -0.25) is 4.79 Å². The molecule has 0 atom stereocenters. The van der Waals surface area contributed by atoms with Gasteiger partial charge in [-0.05, 0) is 45.3 Å². The van der Waals surface area contributed by atoms with Gasteiger partial charge in [-0.15, -0.1) is 0 Å². The fourth-order valence-corrected chi connectivity index (χ4v) is 3.89. The number of benzene rings is 2. The van der Waals surface area contributed by atoms with Gasteiger partial charge < -0.3 is 25.2 Å². The number of carbonyl (C=O) groups is 1. The summed E-state index contributed by atoms with van der Waals surface area (Å²) in [7, 11) is 7.60. The molecule has 0 unspecified atom stereocenters. The minimum atomic E-state index is -0.308. The Morgan fingerprint density at radius 2 is 1.95 bits per heavy atom. The lowest BCUT2D eigenvalue weighted by Gasteiger charge is -2.26. The molecule has 10 nitrogen and oxygen atoms in total. The van der Waals surface area contributed by atoms with Crippen LogP contribution >= 0.6 is 0 Å². The number of nitrogens with one attached hydrogen (secondary N) is 2. The Bertz CT molecular complexity index is 1430. The molecule has 4 aromatic rings. The first-order chi connectivity index (χ1) is 17.8. The van der Waals surface area contributed by atoms with Crippen LogP contribution in [-0.4, -0.2) is 71.9 Å². The Balaban J connectivity index is 1.69. The van der Waals surface area contributed by atoms with E-state index >= 15 is 0 Å². The molecule has 0 radical (unpaired) electrons. The molecule has 0 aliphatic heterocycles. The summed E-state index contributed by atoms with van der Waals surface area (Å²) in [5.41, 5.74) is 4.14. The molecule has 0 saturated heterocycles. The average Bonchev–Trinajstić information content (AvgIpc) is 3.30. The SMILES string of the molecule is C=CC(=O)Nc1cc(Nc2nccc(-n3ncc4cc(C)ccc43)n2)c(OC)cc1N(C)CCN(C)C. The molecule has 2 N–H and O–H groups in total. The van der Waals surface area contributed by atoms with Gasteiger partial charge in [0, 0.05) is 43.9 Å². The van der Waals surface area contributed by atoms with Gasteiger partial charge in [-0.1, -0.05) is 18.2 Å². The van der Waals surface area contributed by atoms with E-state index in [1.54, 1.807) is 24.1 Å². The molecule has 2 heterocycles. The molecule has 37 heavy (non-hydrogen) atoms. The van der Waals surface area contributed by atoms with Crippen molar-refractivity contribution in [1.29, 1.82) is 0 Å². The van der Waals surface area contributed by atoms with Crippen LogP contribution < -0.4 is 20.3 Å². The zero-order chi connectivity index (χ0) is 26.5. The third-order valence-electron chi connectivity index (χ3n) is 5.88. The molecule has 0 bridgehead atoms. The van der Waals surface area contributed by atoms with Crippen molar-refractivity contribution >= 4 is 39.8 Å². The maximum Gasteiger partial charge on any atom is 0.247 e. The highest BCUT2D eigenvalue weighted by Crippen LogP contribution is 2.38. The van der Waals surface area contributed by atoms with Gasteiger partial charge in [-0.2, -0.15) is 10.1 Å². The van der Waals surface area contributed by atoms with E-state index < -0.39 is 0 Å². The maximum absolute atomic E-state index is 12.2. The largest absolute Gasteiger partial charge is 0.494 e. The monoisotopic (exact) mass is 500 g/mol. The number of fused-ring (bicyclic) bond motifs is 1. The van der Waals surface area contributed by atoms with Gasteiger partial charge in [0.2, 0.25) is 11.9 Å². The summed E-state index contributed by atoms with van der Waals surface area (Å²) in [5.74, 6) is 1.26. The van der Waals surface area contributed by atoms with Crippen molar-refractivity contribution < 1.29 is 9.53 Å². The first-order valence-corrected chi connectivity index (χ1v) is 11.8. The molecule has 2 aromatic carbocycles. The van der Waals surface area contributed by atoms with E-state index in [1.165, 1.54) is 11.6 Å². The number of methoxy groups -OCH3 is 1. The van der Waals surface area contributed by atoms with Crippen molar-refractivity contribution in [2.24, 2.45) is 0 Å². The van der Waals surface area contributed by atoms with Crippen LogP contribution in [0.5, 0.6) is 5.75 Å². The number of hydrogen-bond acceptors (Lipinski definition) is 8. The van der Waals surface area contributed by atoms with E-state index in [4.69, 9.17) is 4.74 Å². The van der Waals surface area contributed by atoms with Crippen LogP contribution in [0.15, 0.2) is 61.4 Å². The highest BCUT2D eigenvalue weighted by Gasteiger charge is 2.17. The molecular weight excluding hydrogens is 468 g/mol. The van der Waals surface area contributed by atoms with Gasteiger partial charge >= 0.3 is 0 Å². The van der Waals surface area contributed by atoms with Gasteiger partial charge in [0.25, 0.3) is 0 Å². The summed E-state index contributed by atoms with van der Waals surface area (Å²) in [6.07, 6.45) is 4.73. The summed E-state index contributed by atoms with van der Waals surface area (Å²) in [6.45, 7) is 7.22. The summed E-state index contributed by atoms with van der Waals surface area (Å²) in [6, 6.07) is 11.6.